The van der Waals surface area contributed by atoms with Crippen LogP contribution in [-0.4, -0.2) is 35.6 Å². The normalized spacial score (nSPS) is 21.9. The molecular weight excluding hydrogens is 286 g/mol. The summed E-state index contributed by atoms with van der Waals surface area (Å²) in [7, 11) is 0. The Kier molecular flexibility index (Phi) is 5.37. The molecule has 0 amide bonds. The van der Waals surface area contributed by atoms with E-state index in [0.29, 0.717) is 0 Å². The molecule has 2 fully saturated rings. The zero-order valence-corrected chi connectivity index (χ0v) is 14.1. The number of likely N-dealkylation sites (tertiary alicyclic amines) is 1. The van der Waals surface area contributed by atoms with Gasteiger partial charge in [-0.1, -0.05) is 49.9 Å². The number of rotatable bonds is 5. The van der Waals surface area contributed by atoms with Crippen LogP contribution in [0.4, 0.5) is 0 Å². The molecule has 1 saturated heterocycles. The molecule has 0 spiro atoms. The lowest BCUT2D eigenvalue weighted by molar-refractivity contribution is -0.145. The predicted molar refractivity (Wildman–Crippen MR) is 92.8 cm³/mol. The first kappa shape index (κ1) is 16.5. The molecule has 1 heterocycles. The van der Waals surface area contributed by atoms with Crippen molar-refractivity contribution in [3.63, 3.8) is 0 Å². The maximum atomic E-state index is 11.9. The molecule has 126 valence electrons. The SMILES string of the molecule is O=C(O)C1(c2ccc(CCN3CCCCC3)cc2)CCCCC1. The first-order valence-electron chi connectivity index (χ1n) is 9.26. The summed E-state index contributed by atoms with van der Waals surface area (Å²) in [6, 6.07) is 8.45. The van der Waals surface area contributed by atoms with Crippen LogP contribution in [0, 0.1) is 0 Å². The number of carboxylic acids is 1. The van der Waals surface area contributed by atoms with Crippen molar-refractivity contribution < 1.29 is 9.90 Å². The molecule has 1 aliphatic carbocycles. The number of piperidine rings is 1. The lowest BCUT2D eigenvalue weighted by atomic mass is 9.69. The van der Waals surface area contributed by atoms with Crippen LogP contribution < -0.4 is 0 Å². The fourth-order valence-corrected chi connectivity index (χ4v) is 4.24. The minimum Gasteiger partial charge on any atom is -0.481 e. The molecule has 0 unspecified atom stereocenters. The topological polar surface area (TPSA) is 40.5 Å². The minimum absolute atomic E-state index is 0.635. The molecule has 0 radical (unpaired) electrons. The number of hydrogen-bond acceptors (Lipinski definition) is 2. The second-order valence-corrected chi connectivity index (χ2v) is 7.30. The molecule has 0 atom stereocenters. The smallest absolute Gasteiger partial charge is 0.314 e. The zero-order valence-electron chi connectivity index (χ0n) is 14.1. The molecular formula is C20H29NO2. The van der Waals surface area contributed by atoms with Crippen molar-refractivity contribution in [3.05, 3.63) is 35.4 Å². The molecule has 3 rings (SSSR count). The third-order valence-corrected chi connectivity index (χ3v) is 5.79. The lowest BCUT2D eigenvalue weighted by Gasteiger charge is -2.33. The van der Waals surface area contributed by atoms with Gasteiger partial charge in [0.05, 0.1) is 5.41 Å². The van der Waals surface area contributed by atoms with Gasteiger partial charge in [0.15, 0.2) is 0 Å². The summed E-state index contributed by atoms with van der Waals surface area (Å²) < 4.78 is 0. The Bertz CT molecular complexity index is 511. The van der Waals surface area contributed by atoms with Gasteiger partial charge in [-0.15, -0.1) is 0 Å². The fourth-order valence-electron chi connectivity index (χ4n) is 4.24. The van der Waals surface area contributed by atoms with Gasteiger partial charge in [0.1, 0.15) is 0 Å². The molecule has 1 saturated carbocycles. The van der Waals surface area contributed by atoms with Crippen molar-refractivity contribution in [2.45, 2.75) is 63.2 Å². The number of carbonyl (C=O) groups is 1. The minimum atomic E-state index is -0.640. The van der Waals surface area contributed by atoms with E-state index in [1.807, 2.05) is 0 Å². The van der Waals surface area contributed by atoms with Crippen LogP contribution >= 0.6 is 0 Å². The third kappa shape index (κ3) is 3.77. The average molecular weight is 315 g/mol. The highest BCUT2D eigenvalue weighted by Gasteiger charge is 2.41. The van der Waals surface area contributed by atoms with Crippen molar-refractivity contribution in [3.8, 4) is 0 Å². The summed E-state index contributed by atoms with van der Waals surface area (Å²) in [5, 5.41) is 9.78. The molecule has 1 aromatic rings. The van der Waals surface area contributed by atoms with Crippen LogP contribution in [-0.2, 0) is 16.6 Å². The van der Waals surface area contributed by atoms with E-state index >= 15 is 0 Å². The highest BCUT2D eigenvalue weighted by atomic mass is 16.4. The van der Waals surface area contributed by atoms with Crippen molar-refractivity contribution in [1.29, 1.82) is 0 Å². The Morgan fingerprint density at radius 1 is 0.957 bits per heavy atom. The molecule has 3 nitrogen and oxygen atoms in total. The average Bonchev–Trinajstić information content (AvgIpc) is 2.62. The largest absolute Gasteiger partial charge is 0.481 e. The Hall–Kier alpha value is -1.35. The van der Waals surface area contributed by atoms with E-state index in [9.17, 15) is 9.90 Å². The zero-order chi connectivity index (χ0) is 16.1. The standard InChI is InChI=1S/C20H29NO2/c22-19(23)20(12-3-1-4-13-20)18-9-7-17(8-10-18)11-16-21-14-5-2-6-15-21/h7-10H,1-6,11-16H2,(H,22,23). The van der Waals surface area contributed by atoms with Crippen molar-refractivity contribution in [1.82, 2.24) is 4.90 Å². The molecule has 2 aliphatic rings. The van der Waals surface area contributed by atoms with Gasteiger partial charge in [0, 0.05) is 6.54 Å². The maximum Gasteiger partial charge on any atom is 0.314 e. The quantitative estimate of drug-likeness (QED) is 0.893. The Morgan fingerprint density at radius 2 is 1.57 bits per heavy atom. The van der Waals surface area contributed by atoms with Crippen LogP contribution in [0.5, 0.6) is 0 Å². The number of aliphatic carboxylic acids is 1. The number of hydrogen-bond donors (Lipinski definition) is 1. The van der Waals surface area contributed by atoms with Gasteiger partial charge in [-0.2, -0.15) is 0 Å². The Balaban J connectivity index is 1.64. The van der Waals surface area contributed by atoms with E-state index in [2.05, 4.69) is 29.2 Å². The first-order valence-corrected chi connectivity index (χ1v) is 9.26. The summed E-state index contributed by atoms with van der Waals surface area (Å²) in [6.45, 7) is 3.60. The van der Waals surface area contributed by atoms with Crippen LogP contribution in [0.1, 0.15) is 62.5 Å². The summed E-state index contributed by atoms with van der Waals surface area (Å²) in [5.74, 6) is -0.640. The molecule has 1 aromatic carbocycles. The molecule has 1 aliphatic heterocycles. The molecule has 0 aromatic heterocycles. The maximum absolute atomic E-state index is 11.9. The van der Waals surface area contributed by atoms with Crippen LogP contribution in [0.2, 0.25) is 0 Å². The van der Waals surface area contributed by atoms with Gasteiger partial charge in [-0.3, -0.25) is 4.79 Å². The monoisotopic (exact) mass is 315 g/mol. The van der Waals surface area contributed by atoms with E-state index in [4.69, 9.17) is 0 Å². The second kappa shape index (κ2) is 7.48. The van der Waals surface area contributed by atoms with Gasteiger partial charge in [-0.05, 0) is 56.3 Å². The summed E-state index contributed by atoms with van der Waals surface area (Å²) in [5.41, 5.74) is 1.70. The highest BCUT2D eigenvalue weighted by molar-refractivity contribution is 5.81. The van der Waals surface area contributed by atoms with E-state index in [0.717, 1.165) is 44.2 Å². The Labute approximate surface area is 139 Å². The van der Waals surface area contributed by atoms with Crippen molar-refractivity contribution in [2.24, 2.45) is 0 Å². The second-order valence-electron chi connectivity index (χ2n) is 7.30. The first-order chi connectivity index (χ1) is 11.2. The van der Waals surface area contributed by atoms with E-state index in [-0.39, 0.29) is 0 Å². The van der Waals surface area contributed by atoms with Crippen molar-refractivity contribution in [2.75, 3.05) is 19.6 Å². The van der Waals surface area contributed by atoms with Gasteiger partial charge in [0.25, 0.3) is 0 Å². The van der Waals surface area contributed by atoms with Gasteiger partial charge >= 0.3 is 5.97 Å². The third-order valence-electron chi connectivity index (χ3n) is 5.79. The van der Waals surface area contributed by atoms with E-state index in [1.165, 1.54) is 44.3 Å². The predicted octanol–water partition coefficient (Wildman–Crippen LogP) is 4.00. The summed E-state index contributed by atoms with van der Waals surface area (Å²) in [4.78, 5) is 14.4. The Morgan fingerprint density at radius 3 is 2.17 bits per heavy atom. The number of nitrogens with zero attached hydrogens (tertiary/aromatic N) is 1. The lowest BCUT2D eigenvalue weighted by Crippen LogP contribution is -2.37. The summed E-state index contributed by atoms with van der Waals surface area (Å²) >= 11 is 0. The molecule has 0 bridgehead atoms. The fraction of sp³-hybridized carbons (Fsp3) is 0.650. The molecule has 1 N–H and O–H groups in total. The molecule has 3 heteroatoms. The van der Waals surface area contributed by atoms with Crippen LogP contribution in [0.25, 0.3) is 0 Å². The van der Waals surface area contributed by atoms with Crippen molar-refractivity contribution >= 4 is 5.97 Å². The van der Waals surface area contributed by atoms with Crippen LogP contribution in [0.15, 0.2) is 24.3 Å². The van der Waals surface area contributed by atoms with Gasteiger partial charge < -0.3 is 10.0 Å². The van der Waals surface area contributed by atoms with E-state index < -0.39 is 11.4 Å². The van der Waals surface area contributed by atoms with Crippen LogP contribution in [0.3, 0.4) is 0 Å². The number of benzene rings is 1. The molecule has 23 heavy (non-hydrogen) atoms. The number of carboxylic acid groups (broad SMARTS) is 1. The summed E-state index contributed by atoms with van der Waals surface area (Å²) in [6.07, 6.45) is 9.92. The van der Waals surface area contributed by atoms with Gasteiger partial charge in [-0.25, -0.2) is 0 Å². The highest BCUT2D eigenvalue weighted by Crippen LogP contribution is 2.39. The van der Waals surface area contributed by atoms with E-state index in [1.54, 1.807) is 0 Å². The van der Waals surface area contributed by atoms with Gasteiger partial charge in [0.2, 0.25) is 0 Å².